The van der Waals surface area contributed by atoms with Crippen LogP contribution in [0.15, 0.2) is 6.07 Å². The molecule has 0 saturated heterocycles. The number of rotatable bonds is 0. The van der Waals surface area contributed by atoms with E-state index in [4.69, 9.17) is 0 Å². The normalized spacial score (nSPS) is 10.3. The molecule has 0 aliphatic rings. The first-order valence-corrected chi connectivity index (χ1v) is 3.83. The molecule has 58 valence electrons. The van der Waals surface area contributed by atoms with Crippen LogP contribution in [-0.2, 0) is 0 Å². The maximum atomic E-state index is 12.4. The Morgan fingerprint density at radius 2 is 1.45 bits per heavy atom. The van der Waals surface area contributed by atoms with Gasteiger partial charge in [0.2, 0.25) is 0 Å². The van der Waals surface area contributed by atoms with Crippen molar-refractivity contribution in [3.05, 3.63) is 29.3 Å². The van der Waals surface area contributed by atoms with Crippen molar-refractivity contribution in [1.29, 1.82) is 0 Å². The van der Waals surface area contributed by atoms with Crippen molar-refractivity contribution < 1.29 is 17.6 Å². The van der Waals surface area contributed by atoms with E-state index >= 15 is 0 Å². The molecular formula is C6HF4Sb. The van der Waals surface area contributed by atoms with Crippen LogP contribution in [0.1, 0.15) is 0 Å². The van der Waals surface area contributed by atoms with Crippen LogP contribution in [0, 0.1) is 23.3 Å². The third-order valence-corrected chi connectivity index (χ3v) is 2.01. The Morgan fingerprint density at radius 1 is 0.909 bits per heavy atom. The van der Waals surface area contributed by atoms with E-state index in [9.17, 15) is 17.6 Å². The molecule has 0 saturated carbocycles. The Morgan fingerprint density at radius 3 is 2.00 bits per heavy atom. The van der Waals surface area contributed by atoms with Gasteiger partial charge < -0.3 is 0 Å². The number of halogens is 4. The summed E-state index contributed by atoms with van der Waals surface area (Å²) >= 11 is 0.792. The van der Waals surface area contributed by atoms with E-state index in [-0.39, 0.29) is 3.51 Å². The van der Waals surface area contributed by atoms with Gasteiger partial charge >= 0.3 is 73.4 Å². The molecule has 1 rings (SSSR count). The molecule has 0 aliphatic carbocycles. The Labute approximate surface area is 73.7 Å². The van der Waals surface area contributed by atoms with Gasteiger partial charge in [-0.25, -0.2) is 0 Å². The summed E-state index contributed by atoms with van der Waals surface area (Å²) in [4.78, 5) is 0. The second kappa shape index (κ2) is 3.01. The molecule has 0 bridgehead atoms. The average molecular weight is 271 g/mol. The van der Waals surface area contributed by atoms with Gasteiger partial charge in [0.15, 0.2) is 0 Å². The first-order valence-electron chi connectivity index (χ1n) is 2.56. The molecule has 0 heterocycles. The van der Waals surface area contributed by atoms with Crippen LogP contribution in [0.2, 0.25) is 0 Å². The quantitative estimate of drug-likeness (QED) is 0.286. The van der Waals surface area contributed by atoms with Crippen LogP contribution in [0.25, 0.3) is 0 Å². The Kier molecular flexibility index (Phi) is 2.43. The summed E-state index contributed by atoms with van der Waals surface area (Å²) in [6.07, 6.45) is 0. The van der Waals surface area contributed by atoms with Crippen molar-refractivity contribution in [1.82, 2.24) is 0 Å². The molecular weight excluding hydrogens is 270 g/mol. The molecule has 0 N–H and O–H groups in total. The van der Waals surface area contributed by atoms with Gasteiger partial charge in [-0.3, -0.25) is 0 Å². The molecule has 0 fully saturated rings. The molecule has 2 radical (unpaired) electrons. The van der Waals surface area contributed by atoms with Crippen LogP contribution in [-0.4, -0.2) is 23.0 Å². The minimum atomic E-state index is -1.76. The third kappa shape index (κ3) is 1.50. The standard InChI is InChI=1S/C6HF4.Sb/c7-3-1-2-4(8)6(10)5(3)9;/h1H;. The van der Waals surface area contributed by atoms with Crippen molar-refractivity contribution >= 4 is 26.5 Å². The molecule has 1 aromatic carbocycles. The average Bonchev–Trinajstić information content (AvgIpc) is 1.97. The third-order valence-electron chi connectivity index (χ3n) is 1.08. The minimum absolute atomic E-state index is 0.199. The SMILES string of the molecule is Fc1c[c]([Sb])c(F)c(F)c1F. The second-order valence-corrected chi connectivity index (χ2v) is 3.19. The van der Waals surface area contributed by atoms with Gasteiger partial charge in [0.1, 0.15) is 0 Å². The number of benzene rings is 1. The monoisotopic (exact) mass is 270 g/mol. The van der Waals surface area contributed by atoms with Gasteiger partial charge in [0, 0.05) is 0 Å². The summed E-state index contributed by atoms with van der Waals surface area (Å²) in [5, 5.41) is 0. The topological polar surface area (TPSA) is 0 Å². The van der Waals surface area contributed by atoms with E-state index in [2.05, 4.69) is 0 Å². The van der Waals surface area contributed by atoms with E-state index in [0.717, 1.165) is 23.0 Å². The molecule has 0 unspecified atom stereocenters. The summed E-state index contributed by atoms with van der Waals surface area (Å²) in [5.74, 6) is -6.19. The molecule has 11 heavy (non-hydrogen) atoms. The fraction of sp³-hybridized carbons (Fsp3) is 0. The first kappa shape index (κ1) is 8.85. The fourth-order valence-electron chi connectivity index (χ4n) is 0.560. The van der Waals surface area contributed by atoms with Crippen molar-refractivity contribution in [3.63, 3.8) is 0 Å². The van der Waals surface area contributed by atoms with Gasteiger partial charge in [-0.1, -0.05) is 0 Å². The second-order valence-electron chi connectivity index (χ2n) is 1.82. The number of hydrogen-bond donors (Lipinski definition) is 0. The van der Waals surface area contributed by atoms with Crippen LogP contribution in [0.5, 0.6) is 0 Å². The van der Waals surface area contributed by atoms with Gasteiger partial charge in [0.05, 0.1) is 0 Å². The van der Waals surface area contributed by atoms with Gasteiger partial charge in [-0.15, -0.1) is 0 Å². The molecule has 0 amide bonds. The van der Waals surface area contributed by atoms with E-state index in [0.29, 0.717) is 6.07 Å². The number of hydrogen-bond acceptors (Lipinski definition) is 0. The van der Waals surface area contributed by atoms with E-state index in [1.165, 1.54) is 0 Å². The van der Waals surface area contributed by atoms with Crippen LogP contribution >= 0.6 is 0 Å². The predicted molar refractivity (Wildman–Crippen MR) is 31.7 cm³/mol. The van der Waals surface area contributed by atoms with E-state index in [1.807, 2.05) is 0 Å². The Balaban J connectivity index is 3.46. The molecule has 0 nitrogen and oxygen atoms in total. The predicted octanol–water partition coefficient (Wildman–Crippen LogP) is 1.04. The molecule has 0 spiro atoms. The van der Waals surface area contributed by atoms with Gasteiger partial charge in [0.25, 0.3) is 0 Å². The molecule has 1 aromatic rings. The fourth-order valence-corrected chi connectivity index (χ4v) is 1.16. The van der Waals surface area contributed by atoms with E-state index < -0.39 is 23.3 Å². The first-order chi connectivity index (χ1) is 5.04. The zero-order valence-electron chi connectivity index (χ0n) is 5.04. The van der Waals surface area contributed by atoms with Crippen molar-refractivity contribution in [2.45, 2.75) is 0 Å². The zero-order chi connectivity index (χ0) is 8.59. The molecule has 0 atom stereocenters. The van der Waals surface area contributed by atoms with E-state index in [1.54, 1.807) is 0 Å². The van der Waals surface area contributed by atoms with Crippen molar-refractivity contribution in [3.8, 4) is 0 Å². The van der Waals surface area contributed by atoms with Gasteiger partial charge in [-0.2, -0.15) is 0 Å². The summed E-state index contributed by atoms with van der Waals surface area (Å²) in [5.41, 5.74) is 0. The summed E-state index contributed by atoms with van der Waals surface area (Å²) in [7, 11) is 0. The van der Waals surface area contributed by atoms with Crippen molar-refractivity contribution in [2.24, 2.45) is 0 Å². The summed E-state index contributed by atoms with van der Waals surface area (Å²) in [6.45, 7) is 0. The van der Waals surface area contributed by atoms with Crippen LogP contribution in [0.4, 0.5) is 17.6 Å². The van der Waals surface area contributed by atoms with Crippen molar-refractivity contribution in [2.75, 3.05) is 0 Å². The zero-order valence-corrected chi connectivity index (χ0v) is 7.59. The van der Waals surface area contributed by atoms with Gasteiger partial charge in [-0.05, 0) is 0 Å². The van der Waals surface area contributed by atoms with Crippen LogP contribution in [0.3, 0.4) is 0 Å². The van der Waals surface area contributed by atoms with Crippen LogP contribution < -0.4 is 3.51 Å². The molecule has 5 heteroatoms. The summed E-state index contributed by atoms with van der Waals surface area (Å²) < 4.78 is 48.9. The molecule has 0 aliphatic heterocycles. The summed E-state index contributed by atoms with van der Waals surface area (Å²) in [6, 6.07) is 0.627. The Hall–Kier alpha value is -0.242. The Bertz CT molecular complexity index is 271. The maximum absolute atomic E-state index is 12.4. The molecule has 0 aromatic heterocycles.